The molecule has 0 unspecified atom stereocenters. The van der Waals surface area contributed by atoms with E-state index in [2.05, 4.69) is 13.8 Å². The Bertz CT molecular complexity index is 226. The van der Waals surface area contributed by atoms with E-state index in [9.17, 15) is 14.2 Å². The number of hydrogen-bond donors (Lipinski definition) is 0. The van der Waals surface area contributed by atoms with E-state index in [0.717, 1.165) is 21.3 Å². The SMILES string of the molecule is COC(=O)C(=O)P(=O)(OC)OC. The minimum atomic E-state index is -3.96. The quantitative estimate of drug-likeness (QED) is 0.362. The summed E-state index contributed by atoms with van der Waals surface area (Å²) in [5, 5.41) is 0. The molecule has 0 atom stereocenters. The molecule has 0 heterocycles. The Morgan fingerprint density at radius 3 is 1.75 bits per heavy atom. The summed E-state index contributed by atoms with van der Waals surface area (Å²) < 4.78 is 23.7. The van der Waals surface area contributed by atoms with Crippen molar-refractivity contribution in [1.29, 1.82) is 0 Å². The van der Waals surface area contributed by atoms with Gasteiger partial charge in [-0.15, -0.1) is 0 Å². The van der Waals surface area contributed by atoms with Crippen LogP contribution in [-0.4, -0.2) is 32.8 Å². The molecule has 0 saturated heterocycles. The van der Waals surface area contributed by atoms with Gasteiger partial charge in [0.25, 0.3) is 0 Å². The summed E-state index contributed by atoms with van der Waals surface area (Å²) >= 11 is 0. The van der Waals surface area contributed by atoms with Crippen LogP contribution in [0.3, 0.4) is 0 Å². The highest BCUT2D eigenvalue weighted by atomic mass is 31.2. The van der Waals surface area contributed by atoms with Crippen LogP contribution in [0.4, 0.5) is 0 Å². The molecule has 0 aliphatic heterocycles. The summed E-state index contributed by atoms with van der Waals surface area (Å²) in [6.07, 6.45) is 0. The first kappa shape index (κ1) is 11.3. The molecule has 0 spiro atoms. The van der Waals surface area contributed by atoms with Gasteiger partial charge < -0.3 is 13.8 Å². The van der Waals surface area contributed by atoms with Crippen LogP contribution < -0.4 is 0 Å². The summed E-state index contributed by atoms with van der Waals surface area (Å²) in [4.78, 5) is 21.4. The highest BCUT2D eigenvalue weighted by Gasteiger charge is 2.38. The van der Waals surface area contributed by atoms with Crippen molar-refractivity contribution in [3.8, 4) is 0 Å². The molecule has 7 heteroatoms. The van der Waals surface area contributed by atoms with Gasteiger partial charge in [0.15, 0.2) is 0 Å². The Balaban J connectivity index is 4.66. The summed E-state index contributed by atoms with van der Waals surface area (Å²) in [6.45, 7) is 0. The summed E-state index contributed by atoms with van der Waals surface area (Å²) in [6, 6.07) is 0. The minimum Gasteiger partial charge on any atom is -0.463 e. The van der Waals surface area contributed by atoms with Crippen LogP contribution in [0.2, 0.25) is 0 Å². The lowest BCUT2D eigenvalue weighted by atomic mass is 10.8. The maximum absolute atomic E-state index is 11.2. The average molecular weight is 196 g/mol. The molecule has 0 N–H and O–H groups in total. The van der Waals surface area contributed by atoms with Crippen molar-refractivity contribution < 1.29 is 27.9 Å². The largest absolute Gasteiger partial charge is 0.463 e. The van der Waals surface area contributed by atoms with Gasteiger partial charge in [0.05, 0.1) is 7.11 Å². The third-order valence-corrected chi connectivity index (χ3v) is 2.73. The number of hydrogen-bond acceptors (Lipinski definition) is 6. The normalized spacial score (nSPS) is 10.9. The zero-order valence-electron chi connectivity index (χ0n) is 6.90. The molecule has 0 fully saturated rings. The van der Waals surface area contributed by atoms with Crippen LogP contribution in [0, 0.1) is 0 Å². The number of ether oxygens (including phenoxy) is 1. The lowest BCUT2D eigenvalue weighted by Gasteiger charge is -2.09. The van der Waals surface area contributed by atoms with Gasteiger partial charge in [-0.25, -0.2) is 4.79 Å². The zero-order valence-corrected chi connectivity index (χ0v) is 7.79. The second-order valence-corrected chi connectivity index (χ2v) is 3.79. The molecular formula is C5H9O6P. The molecule has 0 radical (unpaired) electrons. The third kappa shape index (κ3) is 2.14. The molecule has 6 nitrogen and oxygen atoms in total. The first-order valence-corrected chi connectivity index (χ1v) is 4.40. The molecule has 0 aromatic rings. The fraction of sp³-hybridized carbons (Fsp3) is 0.600. The van der Waals surface area contributed by atoms with Gasteiger partial charge in [-0.1, -0.05) is 0 Å². The smallest absolute Gasteiger partial charge is 0.408 e. The van der Waals surface area contributed by atoms with E-state index >= 15 is 0 Å². The van der Waals surface area contributed by atoms with Crippen molar-refractivity contribution in [2.45, 2.75) is 0 Å². The van der Waals surface area contributed by atoms with Gasteiger partial charge in [0.1, 0.15) is 0 Å². The van der Waals surface area contributed by atoms with Crippen LogP contribution >= 0.6 is 7.60 Å². The van der Waals surface area contributed by atoms with Crippen LogP contribution in [-0.2, 0) is 27.9 Å². The predicted octanol–water partition coefficient (Wildman–Crippen LogP) is 0.172. The van der Waals surface area contributed by atoms with E-state index in [1.807, 2.05) is 0 Å². The topological polar surface area (TPSA) is 78.9 Å². The summed E-state index contributed by atoms with van der Waals surface area (Å²) in [5.74, 6) is -1.25. The molecule has 0 aromatic carbocycles. The lowest BCUT2D eigenvalue weighted by Crippen LogP contribution is -2.17. The van der Waals surface area contributed by atoms with Crippen LogP contribution in [0.25, 0.3) is 0 Å². The van der Waals surface area contributed by atoms with Gasteiger partial charge in [0, 0.05) is 14.2 Å². The Hall–Kier alpha value is -0.710. The van der Waals surface area contributed by atoms with Gasteiger partial charge >= 0.3 is 19.1 Å². The van der Waals surface area contributed by atoms with E-state index in [1.165, 1.54) is 0 Å². The summed E-state index contributed by atoms with van der Waals surface area (Å²) in [5.41, 5.74) is -1.31. The molecule has 0 saturated carbocycles. The van der Waals surface area contributed by atoms with Crippen molar-refractivity contribution in [2.24, 2.45) is 0 Å². The van der Waals surface area contributed by atoms with Gasteiger partial charge in [-0.2, -0.15) is 0 Å². The van der Waals surface area contributed by atoms with Crippen molar-refractivity contribution >= 4 is 19.1 Å². The average Bonchev–Trinajstić information content (AvgIpc) is 2.14. The first-order chi connectivity index (χ1) is 5.51. The van der Waals surface area contributed by atoms with Gasteiger partial charge in [-0.05, 0) is 0 Å². The second kappa shape index (κ2) is 4.35. The summed E-state index contributed by atoms with van der Waals surface area (Å²) in [7, 11) is -0.952. The van der Waals surface area contributed by atoms with Crippen molar-refractivity contribution in [3.05, 3.63) is 0 Å². The van der Waals surface area contributed by atoms with Crippen LogP contribution in [0.5, 0.6) is 0 Å². The molecule has 0 aromatic heterocycles. The van der Waals surface area contributed by atoms with E-state index in [1.54, 1.807) is 0 Å². The Labute approximate surface area is 69.3 Å². The van der Waals surface area contributed by atoms with Crippen LogP contribution in [0.15, 0.2) is 0 Å². The monoisotopic (exact) mass is 196 g/mol. The Kier molecular flexibility index (Phi) is 4.09. The van der Waals surface area contributed by atoms with Crippen molar-refractivity contribution in [1.82, 2.24) is 0 Å². The molecule has 0 aliphatic rings. The van der Waals surface area contributed by atoms with Gasteiger partial charge in [0.2, 0.25) is 0 Å². The highest BCUT2D eigenvalue weighted by Crippen LogP contribution is 2.47. The number of carbonyl (C=O) groups excluding carboxylic acids is 2. The zero-order chi connectivity index (χ0) is 9.78. The number of esters is 1. The molecular weight excluding hydrogens is 187 g/mol. The Morgan fingerprint density at radius 1 is 1.08 bits per heavy atom. The molecule has 0 amide bonds. The number of rotatable bonds is 4. The molecule has 0 aliphatic carbocycles. The van der Waals surface area contributed by atoms with E-state index in [4.69, 9.17) is 0 Å². The minimum absolute atomic E-state index is 0.996. The maximum atomic E-state index is 11.2. The van der Waals surface area contributed by atoms with Gasteiger partial charge in [-0.3, -0.25) is 9.36 Å². The van der Waals surface area contributed by atoms with E-state index < -0.39 is 19.1 Å². The maximum Gasteiger partial charge on any atom is 0.408 e. The van der Waals surface area contributed by atoms with Crippen LogP contribution in [0.1, 0.15) is 0 Å². The lowest BCUT2D eigenvalue weighted by molar-refractivity contribution is -0.148. The molecule has 0 bridgehead atoms. The predicted molar refractivity (Wildman–Crippen MR) is 38.6 cm³/mol. The highest BCUT2D eigenvalue weighted by molar-refractivity contribution is 7.74. The number of methoxy groups -OCH3 is 1. The fourth-order valence-electron chi connectivity index (χ4n) is 0.439. The molecule has 12 heavy (non-hydrogen) atoms. The Morgan fingerprint density at radius 2 is 1.50 bits per heavy atom. The van der Waals surface area contributed by atoms with E-state index in [0.29, 0.717) is 0 Å². The van der Waals surface area contributed by atoms with Crippen molar-refractivity contribution in [2.75, 3.05) is 21.3 Å². The third-order valence-electron chi connectivity index (χ3n) is 1.09. The number of carbonyl (C=O) groups is 2. The first-order valence-electron chi connectivity index (χ1n) is 2.86. The van der Waals surface area contributed by atoms with E-state index in [-0.39, 0.29) is 0 Å². The standard InChI is InChI=1S/C5H9O6P/c1-9-4(6)5(7)12(8,10-2)11-3/h1-3H3. The fourth-order valence-corrected chi connectivity index (χ4v) is 1.24. The van der Waals surface area contributed by atoms with Crippen molar-refractivity contribution in [3.63, 3.8) is 0 Å². The second-order valence-electron chi connectivity index (χ2n) is 1.66. The molecule has 0 rings (SSSR count). The molecule has 70 valence electrons.